The van der Waals surface area contributed by atoms with E-state index in [0.717, 1.165) is 4.68 Å². The van der Waals surface area contributed by atoms with Crippen LogP contribution in [0.1, 0.15) is 24.6 Å². The Labute approximate surface area is 157 Å². The molecular weight excluding hydrogens is 393 g/mol. The molecular formula is C16H14Cl2F2N2O4. The van der Waals surface area contributed by atoms with Gasteiger partial charge < -0.3 is 14.6 Å². The summed E-state index contributed by atoms with van der Waals surface area (Å²) in [6.45, 7) is 4.81. The van der Waals surface area contributed by atoms with E-state index in [2.05, 4.69) is 11.7 Å². The smallest absolute Gasteiger partial charge is 0.344 e. The van der Waals surface area contributed by atoms with Gasteiger partial charge in [0.25, 0.3) is 6.43 Å². The van der Waals surface area contributed by atoms with Crippen molar-refractivity contribution in [3.63, 3.8) is 0 Å². The number of ether oxygens (including phenoxy) is 2. The molecule has 0 saturated carbocycles. The highest BCUT2D eigenvalue weighted by molar-refractivity contribution is 6.36. The van der Waals surface area contributed by atoms with Gasteiger partial charge in [0.15, 0.2) is 11.9 Å². The molecule has 1 aromatic carbocycles. The number of carbonyl (C=O) groups is 1. The lowest BCUT2D eigenvalue weighted by Crippen LogP contribution is -2.23. The van der Waals surface area contributed by atoms with Gasteiger partial charge in [-0.25, -0.2) is 18.3 Å². The maximum absolute atomic E-state index is 13.1. The predicted molar refractivity (Wildman–Crippen MR) is 92.5 cm³/mol. The third-order valence-electron chi connectivity index (χ3n) is 3.31. The summed E-state index contributed by atoms with van der Waals surface area (Å²) in [5.41, 5.74) is -0.478. The predicted octanol–water partition coefficient (Wildman–Crippen LogP) is 4.95. The number of benzene rings is 1. The number of aromatic nitrogens is 2. The summed E-state index contributed by atoms with van der Waals surface area (Å²) in [4.78, 5) is 10.9. The van der Waals surface area contributed by atoms with Gasteiger partial charge in [-0.1, -0.05) is 35.9 Å². The van der Waals surface area contributed by atoms with Crippen molar-refractivity contribution in [2.24, 2.45) is 7.05 Å². The van der Waals surface area contributed by atoms with Crippen molar-refractivity contribution in [3.8, 4) is 17.4 Å². The molecule has 0 saturated heterocycles. The van der Waals surface area contributed by atoms with E-state index in [4.69, 9.17) is 37.8 Å². The molecule has 0 fully saturated rings. The van der Waals surface area contributed by atoms with Crippen LogP contribution in [0, 0.1) is 0 Å². The van der Waals surface area contributed by atoms with Crippen molar-refractivity contribution >= 4 is 35.2 Å². The number of rotatable bonds is 7. The SMILES string of the molecule is C=Cc1c(C(F)F)nn(C)c1Oc1cc(O[C@@H](C)C(=O)O)c(Cl)cc1Cl. The topological polar surface area (TPSA) is 73.6 Å². The standard InChI is InChI=1S/C16H14Cl2F2N2O4/c1-4-8-13(14(19)20)21-22(3)15(8)26-12-6-11(9(17)5-10(12)18)25-7(2)16(23)24/h4-7,14H,1H2,2-3H3,(H,23,24)/t7-/m0/s1. The Morgan fingerprint density at radius 1 is 1.35 bits per heavy atom. The molecule has 6 nitrogen and oxygen atoms in total. The molecule has 0 unspecified atom stereocenters. The van der Waals surface area contributed by atoms with Crippen molar-refractivity contribution in [2.75, 3.05) is 0 Å². The second-order valence-electron chi connectivity index (χ2n) is 5.15. The zero-order valence-electron chi connectivity index (χ0n) is 13.7. The highest BCUT2D eigenvalue weighted by Crippen LogP contribution is 2.40. The molecule has 140 valence electrons. The van der Waals surface area contributed by atoms with Crippen molar-refractivity contribution in [3.05, 3.63) is 40.0 Å². The zero-order chi connectivity index (χ0) is 19.6. The highest BCUT2D eigenvalue weighted by Gasteiger charge is 2.24. The van der Waals surface area contributed by atoms with Crippen LogP contribution < -0.4 is 9.47 Å². The molecule has 26 heavy (non-hydrogen) atoms. The van der Waals surface area contributed by atoms with Crippen LogP contribution in [-0.2, 0) is 11.8 Å². The average Bonchev–Trinajstić information content (AvgIpc) is 2.87. The van der Waals surface area contributed by atoms with Gasteiger partial charge in [0.05, 0.1) is 15.6 Å². The Hall–Kier alpha value is -2.32. The number of hydrogen-bond donors (Lipinski definition) is 1. The summed E-state index contributed by atoms with van der Waals surface area (Å²) in [5, 5.41) is 12.8. The van der Waals surface area contributed by atoms with Crippen LogP contribution in [-0.4, -0.2) is 27.0 Å². The van der Waals surface area contributed by atoms with Crippen LogP contribution in [0.2, 0.25) is 10.0 Å². The number of nitrogens with zero attached hydrogens (tertiary/aromatic N) is 2. The number of carboxylic acid groups (broad SMARTS) is 1. The van der Waals surface area contributed by atoms with Gasteiger partial charge in [-0.3, -0.25) is 0 Å². The number of aliphatic carboxylic acids is 1. The Morgan fingerprint density at radius 3 is 2.50 bits per heavy atom. The monoisotopic (exact) mass is 406 g/mol. The fourth-order valence-corrected chi connectivity index (χ4v) is 2.51. The van der Waals surface area contributed by atoms with Gasteiger partial charge in [0.2, 0.25) is 5.88 Å². The first kappa shape index (κ1) is 20.0. The quantitative estimate of drug-likeness (QED) is 0.703. The summed E-state index contributed by atoms with van der Waals surface area (Å²) in [5.74, 6) is -1.18. The lowest BCUT2D eigenvalue weighted by Gasteiger charge is -2.15. The van der Waals surface area contributed by atoms with E-state index in [1.807, 2.05) is 0 Å². The number of halogens is 4. The third-order valence-corrected chi connectivity index (χ3v) is 3.90. The van der Waals surface area contributed by atoms with Gasteiger partial charge in [-0.15, -0.1) is 0 Å². The first-order valence-corrected chi connectivity index (χ1v) is 7.95. The van der Waals surface area contributed by atoms with Crippen LogP contribution in [0.3, 0.4) is 0 Å². The molecule has 1 aromatic heterocycles. The minimum absolute atomic E-state index is 0.00916. The normalized spacial score (nSPS) is 12.1. The molecule has 0 aliphatic heterocycles. The molecule has 0 radical (unpaired) electrons. The lowest BCUT2D eigenvalue weighted by molar-refractivity contribution is -0.144. The fraction of sp³-hybridized carbons (Fsp3) is 0.250. The molecule has 1 atom stereocenters. The van der Waals surface area contributed by atoms with Crippen LogP contribution in [0.25, 0.3) is 6.08 Å². The molecule has 1 heterocycles. The minimum Gasteiger partial charge on any atom is -0.479 e. The van der Waals surface area contributed by atoms with Crippen molar-refractivity contribution in [1.82, 2.24) is 9.78 Å². The Kier molecular flexibility index (Phi) is 6.09. The van der Waals surface area contributed by atoms with Crippen LogP contribution >= 0.6 is 23.2 Å². The Morgan fingerprint density at radius 2 is 1.96 bits per heavy atom. The molecule has 0 aliphatic carbocycles. The molecule has 2 rings (SSSR count). The van der Waals surface area contributed by atoms with Gasteiger partial charge in [-0.05, 0) is 13.0 Å². The number of alkyl halides is 2. The zero-order valence-corrected chi connectivity index (χ0v) is 15.2. The largest absolute Gasteiger partial charge is 0.479 e. The van der Waals surface area contributed by atoms with E-state index in [-0.39, 0.29) is 33.0 Å². The van der Waals surface area contributed by atoms with Crippen molar-refractivity contribution in [1.29, 1.82) is 0 Å². The van der Waals surface area contributed by atoms with E-state index >= 15 is 0 Å². The lowest BCUT2D eigenvalue weighted by atomic mass is 10.2. The summed E-state index contributed by atoms with van der Waals surface area (Å²) < 4.78 is 38.1. The van der Waals surface area contributed by atoms with E-state index < -0.39 is 24.2 Å². The maximum Gasteiger partial charge on any atom is 0.344 e. The minimum atomic E-state index is -2.82. The number of hydrogen-bond acceptors (Lipinski definition) is 4. The van der Waals surface area contributed by atoms with Crippen LogP contribution in [0.15, 0.2) is 18.7 Å². The Balaban J connectivity index is 2.44. The van der Waals surface area contributed by atoms with Crippen molar-refractivity contribution in [2.45, 2.75) is 19.5 Å². The van der Waals surface area contributed by atoms with E-state index in [0.29, 0.717) is 0 Å². The van der Waals surface area contributed by atoms with E-state index in [1.165, 1.54) is 32.2 Å². The Bertz CT molecular complexity index is 855. The summed E-state index contributed by atoms with van der Waals surface area (Å²) in [6, 6.07) is 2.56. The molecule has 10 heteroatoms. The second-order valence-corrected chi connectivity index (χ2v) is 5.96. The maximum atomic E-state index is 13.1. The molecule has 2 aromatic rings. The molecule has 0 amide bonds. The van der Waals surface area contributed by atoms with Gasteiger partial charge in [-0.2, -0.15) is 5.10 Å². The summed E-state index contributed by atoms with van der Waals surface area (Å²) in [6.07, 6.45) is -2.80. The van der Waals surface area contributed by atoms with Gasteiger partial charge >= 0.3 is 5.97 Å². The summed E-state index contributed by atoms with van der Waals surface area (Å²) >= 11 is 12.1. The van der Waals surface area contributed by atoms with Gasteiger partial charge in [0, 0.05) is 13.1 Å². The fourth-order valence-electron chi connectivity index (χ4n) is 2.04. The van der Waals surface area contributed by atoms with Gasteiger partial charge in [0.1, 0.15) is 11.4 Å². The van der Waals surface area contributed by atoms with E-state index in [9.17, 15) is 13.6 Å². The number of carboxylic acids is 1. The third kappa shape index (κ3) is 4.08. The molecule has 0 spiro atoms. The molecule has 0 aliphatic rings. The average molecular weight is 407 g/mol. The molecule has 1 N–H and O–H groups in total. The van der Waals surface area contributed by atoms with Crippen molar-refractivity contribution < 1.29 is 28.2 Å². The summed E-state index contributed by atoms with van der Waals surface area (Å²) in [7, 11) is 1.42. The highest BCUT2D eigenvalue weighted by atomic mass is 35.5. The molecule has 0 bridgehead atoms. The first-order valence-electron chi connectivity index (χ1n) is 7.19. The number of aryl methyl sites for hydroxylation is 1. The second kappa shape index (κ2) is 7.92. The van der Waals surface area contributed by atoms with Crippen LogP contribution in [0.4, 0.5) is 8.78 Å². The first-order chi connectivity index (χ1) is 12.1. The van der Waals surface area contributed by atoms with Crippen LogP contribution in [0.5, 0.6) is 17.4 Å². The van der Waals surface area contributed by atoms with E-state index in [1.54, 1.807) is 0 Å².